The number of rotatable bonds is 4. The van der Waals surface area contributed by atoms with E-state index in [0.29, 0.717) is 17.1 Å². The van der Waals surface area contributed by atoms with Crippen molar-refractivity contribution in [2.24, 2.45) is 0 Å². The lowest BCUT2D eigenvalue weighted by atomic mass is 9.94. The van der Waals surface area contributed by atoms with Gasteiger partial charge in [0.1, 0.15) is 16.6 Å². The largest absolute Gasteiger partial charge is 0.416 e. The molecule has 1 aliphatic carbocycles. The van der Waals surface area contributed by atoms with Gasteiger partial charge in [-0.1, -0.05) is 29.8 Å². The van der Waals surface area contributed by atoms with E-state index in [1.54, 1.807) is 6.07 Å². The van der Waals surface area contributed by atoms with Crippen LogP contribution in [0.25, 0.3) is 0 Å². The van der Waals surface area contributed by atoms with Gasteiger partial charge < -0.3 is 5.32 Å². The zero-order valence-electron chi connectivity index (χ0n) is 11.7. The van der Waals surface area contributed by atoms with Crippen LogP contribution in [0.3, 0.4) is 0 Å². The molecule has 3 nitrogen and oxygen atoms in total. The molecule has 0 bridgehead atoms. The van der Waals surface area contributed by atoms with Gasteiger partial charge in [-0.2, -0.15) is 22.8 Å². The van der Waals surface area contributed by atoms with Crippen LogP contribution >= 0.6 is 23.1 Å². The molecule has 0 spiro atoms. The molecule has 1 heterocycles. The van der Waals surface area contributed by atoms with Crippen molar-refractivity contribution in [1.82, 2.24) is 4.37 Å². The second kappa shape index (κ2) is 5.69. The zero-order chi connectivity index (χ0) is 16.7. The van der Waals surface area contributed by atoms with Gasteiger partial charge in [0, 0.05) is 12.0 Å². The van der Waals surface area contributed by atoms with E-state index in [-0.39, 0.29) is 16.1 Å². The molecule has 1 aliphatic rings. The number of nitrogens with one attached hydrogen (secondary N) is 1. The first-order valence-corrected chi connectivity index (χ1v) is 7.98. The summed E-state index contributed by atoms with van der Waals surface area (Å²) in [6.45, 7) is 0.446. The molecule has 1 aromatic heterocycles. The van der Waals surface area contributed by atoms with Crippen molar-refractivity contribution in [2.75, 3.05) is 11.9 Å². The van der Waals surface area contributed by atoms with Crippen molar-refractivity contribution < 1.29 is 13.2 Å². The number of alkyl halides is 3. The average Bonchev–Trinajstić information content (AvgIpc) is 3.22. The molecular formula is C15H11ClF3N3S. The Morgan fingerprint density at radius 1 is 1.39 bits per heavy atom. The first-order valence-electron chi connectivity index (χ1n) is 6.83. The summed E-state index contributed by atoms with van der Waals surface area (Å²) in [5.74, 6) is 0. The third-order valence-electron chi connectivity index (χ3n) is 4.01. The lowest BCUT2D eigenvalue weighted by molar-refractivity contribution is -0.137. The number of halogens is 4. The van der Waals surface area contributed by atoms with Crippen molar-refractivity contribution in [3.05, 3.63) is 46.1 Å². The Labute approximate surface area is 139 Å². The third kappa shape index (κ3) is 3.14. The predicted molar refractivity (Wildman–Crippen MR) is 82.7 cm³/mol. The van der Waals surface area contributed by atoms with Crippen LogP contribution in [0.5, 0.6) is 0 Å². The summed E-state index contributed by atoms with van der Waals surface area (Å²) in [6.07, 6.45) is -2.75. The van der Waals surface area contributed by atoms with Gasteiger partial charge in [0.2, 0.25) is 0 Å². The number of nitrogens with zero attached hydrogens (tertiary/aromatic N) is 2. The van der Waals surface area contributed by atoms with E-state index in [0.717, 1.165) is 30.4 Å². The number of anilines is 1. The van der Waals surface area contributed by atoms with Gasteiger partial charge in [-0.15, -0.1) is 0 Å². The molecule has 1 fully saturated rings. The smallest absolute Gasteiger partial charge is 0.374 e. The van der Waals surface area contributed by atoms with E-state index in [2.05, 4.69) is 9.69 Å². The highest BCUT2D eigenvalue weighted by Gasteiger charge is 2.45. The molecule has 120 valence electrons. The standard InChI is InChI=1S/C15H11ClF3N3S/c16-12-11(7-20)13(23-22-12)21-8-14(4-5-14)9-2-1-3-10(6-9)15(17,18)19/h1-3,6,21H,4-5,8H2. The second-order valence-electron chi connectivity index (χ2n) is 5.50. The van der Waals surface area contributed by atoms with E-state index >= 15 is 0 Å². The quantitative estimate of drug-likeness (QED) is 0.852. The van der Waals surface area contributed by atoms with Crippen molar-refractivity contribution in [2.45, 2.75) is 24.4 Å². The van der Waals surface area contributed by atoms with Gasteiger partial charge >= 0.3 is 6.18 Å². The van der Waals surface area contributed by atoms with Crippen LogP contribution in [0.1, 0.15) is 29.5 Å². The minimum atomic E-state index is -4.35. The van der Waals surface area contributed by atoms with E-state index in [9.17, 15) is 13.2 Å². The monoisotopic (exact) mass is 357 g/mol. The Balaban J connectivity index is 1.80. The summed E-state index contributed by atoms with van der Waals surface area (Å²) in [4.78, 5) is 0. The number of hydrogen-bond donors (Lipinski definition) is 1. The molecule has 1 N–H and O–H groups in total. The summed E-state index contributed by atoms with van der Waals surface area (Å²) in [6, 6.07) is 7.41. The minimum Gasteiger partial charge on any atom is -0.374 e. The molecular weight excluding hydrogens is 347 g/mol. The summed E-state index contributed by atoms with van der Waals surface area (Å²) in [5.41, 5.74) is -0.0324. The molecule has 2 aromatic rings. The van der Waals surface area contributed by atoms with Crippen molar-refractivity contribution in [3.8, 4) is 6.07 Å². The highest BCUT2D eigenvalue weighted by atomic mass is 35.5. The second-order valence-corrected chi connectivity index (χ2v) is 6.63. The first kappa shape index (κ1) is 16.1. The summed E-state index contributed by atoms with van der Waals surface area (Å²) in [5, 5.41) is 12.8. The molecule has 0 unspecified atom stereocenters. The van der Waals surface area contributed by atoms with Crippen LogP contribution in [0.4, 0.5) is 18.2 Å². The maximum absolute atomic E-state index is 12.9. The molecule has 1 saturated carbocycles. The topological polar surface area (TPSA) is 48.7 Å². The van der Waals surface area contributed by atoms with Crippen molar-refractivity contribution in [1.29, 1.82) is 5.26 Å². The molecule has 3 rings (SSSR count). The summed E-state index contributed by atoms with van der Waals surface area (Å²) in [7, 11) is 0. The lowest BCUT2D eigenvalue weighted by Gasteiger charge is -2.18. The van der Waals surface area contributed by atoms with Gasteiger partial charge in [0.25, 0.3) is 0 Å². The van der Waals surface area contributed by atoms with Crippen molar-refractivity contribution in [3.63, 3.8) is 0 Å². The van der Waals surface area contributed by atoms with Gasteiger partial charge in [0.15, 0.2) is 5.15 Å². The Bertz CT molecular complexity index is 775. The van der Waals surface area contributed by atoms with Crippen LogP contribution in [-0.4, -0.2) is 10.9 Å². The van der Waals surface area contributed by atoms with E-state index in [4.69, 9.17) is 16.9 Å². The molecule has 1 aromatic carbocycles. The molecule has 0 radical (unpaired) electrons. The van der Waals surface area contributed by atoms with Crippen LogP contribution in [0, 0.1) is 11.3 Å². The summed E-state index contributed by atoms with van der Waals surface area (Å²) >= 11 is 6.89. The third-order valence-corrected chi connectivity index (χ3v) is 5.18. The molecule has 23 heavy (non-hydrogen) atoms. The number of hydrogen-bond acceptors (Lipinski definition) is 4. The fraction of sp³-hybridized carbons (Fsp3) is 0.333. The Morgan fingerprint density at radius 2 is 2.13 bits per heavy atom. The fourth-order valence-electron chi connectivity index (χ4n) is 2.48. The highest BCUT2D eigenvalue weighted by Crippen LogP contribution is 2.49. The molecule has 0 aliphatic heterocycles. The lowest BCUT2D eigenvalue weighted by Crippen LogP contribution is -2.20. The van der Waals surface area contributed by atoms with Gasteiger partial charge in [-0.3, -0.25) is 0 Å². The van der Waals surface area contributed by atoms with Crippen molar-refractivity contribution >= 4 is 28.1 Å². The normalized spacial score (nSPS) is 16.0. The number of aromatic nitrogens is 1. The average molecular weight is 358 g/mol. The SMILES string of the molecule is N#Cc1c(Cl)nsc1NCC1(c2cccc(C(F)(F)F)c2)CC1. The Morgan fingerprint density at radius 3 is 2.74 bits per heavy atom. The zero-order valence-corrected chi connectivity index (χ0v) is 13.3. The van der Waals surface area contributed by atoms with Crippen LogP contribution in [-0.2, 0) is 11.6 Å². The molecule has 0 amide bonds. The minimum absolute atomic E-state index is 0.143. The maximum atomic E-state index is 12.9. The maximum Gasteiger partial charge on any atom is 0.416 e. The highest BCUT2D eigenvalue weighted by molar-refractivity contribution is 7.10. The predicted octanol–water partition coefficient (Wildman–Crippen LogP) is 4.83. The van der Waals surface area contributed by atoms with Gasteiger partial charge in [-0.25, -0.2) is 0 Å². The van der Waals surface area contributed by atoms with Crippen LogP contribution < -0.4 is 5.32 Å². The van der Waals surface area contributed by atoms with E-state index in [1.807, 2.05) is 6.07 Å². The van der Waals surface area contributed by atoms with E-state index in [1.165, 1.54) is 12.1 Å². The molecule has 0 atom stereocenters. The summed E-state index contributed by atoms with van der Waals surface area (Å²) < 4.78 is 42.5. The van der Waals surface area contributed by atoms with Gasteiger partial charge in [0.05, 0.1) is 5.56 Å². The Kier molecular flexibility index (Phi) is 3.98. The first-order chi connectivity index (χ1) is 10.9. The Hall–Kier alpha value is -1.78. The van der Waals surface area contributed by atoms with E-state index < -0.39 is 11.7 Å². The molecule has 0 saturated heterocycles. The van der Waals surface area contributed by atoms with Crippen LogP contribution in [0.2, 0.25) is 5.15 Å². The number of benzene rings is 1. The number of nitriles is 1. The molecule has 8 heteroatoms. The van der Waals surface area contributed by atoms with Crippen LogP contribution in [0.15, 0.2) is 24.3 Å². The fourth-order valence-corrected chi connectivity index (χ4v) is 3.41. The van der Waals surface area contributed by atoms with Gasteiger partial charge in [-0.05, 0) is 36.0 Å².